The van der Waals surface area contributed by atoms with Gasteiger partial charge in [-0.3, -0.25) is 0 Å². The van der Waals surface area contributed by atoms with Crippen molar-refractivity contribution in [2.75, 3.05) is 0 Å². The van der Waals surface area contributed by atoms with E-state index in [-0.39, 0.29) is 5.56 Å². The fraction of sp³-hybridized carbons (Fsp3) is 0. The second-order valence-corrected chi connectivity index (χ2v) is 5.66. The summed E-state index contributed by atoms with van der Waals surface area (Å²) in [6, 6.07) is 10.1. The van der Waals surface area contributed by atoms with Crippen LogP contribution in [0.5, 0.6) is 0 Å². The summed E-state index contributed by atoms with van der Waals surface area (Å²) in [5, 5.41) is 13.5. The van der Waals surface area contributed by atoms with E-state index in [0.29, 0.717) is 20.5 Å². The topological polar surface area (TPSA) is 37.3 Å². The first kappa shape index (κ1) is 13.5. The van der Waals surface area contributed by atoms with Crippen LogP contribution in [0.25, 0.3) is 21.5 Å². The normalized spacial score (nSPS) is 11.2. The maximum absolute atomic E-state index is 11.4. The highest BCUT2D eigenvalue weighted by molar-refractivity contribution is 6.43. The molecule has 0 aromatic heterocycles. The molecular formula is C15H7Cl3O2. The lowest BCUT2D eigenvalue weighted by Gasteiger charge is -2.09. The lowest BCUT2D eigenvalue weighted by atomic mass is 9.97. The first-order valence-corrected chi connectivity index (χ1v) is 6.85. The number of hydrogen-bond donors (Lipinski definition) is 1. The summed E-state index contributed by atoms with van der Waals surface area (Å²) in [4.78, 5) is 11.4. The second kappa shape index (κ2) is 4.81. The molecule has 0 atom stereocenters. The standard InChI is InChI=1S/C15H7Cl3O2/c16-8-2-1-7-3-12(15(19)20)11-6-14(18)13(17)5-10(11)9(7)4-8/h1-6H,(H,19,20). The van der Waals surface area contributed by atoms with Gasteiger partial charge in [0, 0.05) is 5.02 Å². The highest BCUT2D eigenvalue weighted by Gasteiger charge is 2.14. The molecule has 0 spiro atoms. The lowest BCUT2D eigenvalue weighted by molar-refractivity contribution is 0.0699. The molecular weight excluding hydrogens is 319 g/mol. The molecule has 3 aromatic rings. The van der Waals surface area contributed by atoms with E-state index in [0.717, 1.165) is 16.2 Å². The average molecular weight is 326 g/mol. The number of carboxylic acid groups (broad SMARTS) is 1. The van der Waals surface area contributed by atoms with E-state index in [9.17, 15) is 9.90 Å². The van der Waals surface area contributed by atoms with Crippen molar-refractivity contribution < 1.29 is 9.90 Å². The molecule has 0 heterocycles. The number of carboxylic acids is 1. The van der Waals surface area contributed by atoms with Crippen LogP contribution in [-0.4, -0.2) is 11.1 Å². The minimum absolute atomic E-state index is 0.188. The van der Waals surface area contributed by atoms with E-state index >= 15 is 0 Å². The Bertz CT molecular complexity index is 872. The van der Waals surface area contributed by atoms with Gasteiger partial charge in [0.1, 0.15) is 0 Å². The van der Waals surface area contributed by atoms with Gasteiger partial charge in [0.25, 0.3) is 0 Å². The average Bonchev–Trinajstić information content (AvgIpc) is 2.39. The number of carbonyl (C=O) groups is 1. The number of hydrogen-bond acceptors (Lipinski definition) is 1. The Morgan fingerprint density at radius 1 is 0.850 bits per heavy atom. The SMILES string of the molecule is O=C(O)c1cc2ccc(Cl)cc2c2cc(Cl)c(Cl)cc12. The first-order valence-electron chi connectivity index (χ1n) is 5.71. The van der Waals surface area contributed by atoms with Gasteiger partial charge in [-0.1, -0.05) is 40.9 Å². The summed E-state index contributed by atoms with van der Waals surface area (Å²) in [6.07, 6.45) is 0. The van der Waals surface area contributed by atoms with Crippen molar-refractivity contribution >= 4 is 62.3 Å². The molecule has 0 saturated heterocycles. The Morgan fingerprint density at radius 2 is 1.50 bits per heavy atom. The van der Waals surface area contributed by atoms with Crippen LogP contribution in [0.3, 0.4) is 0 Å². The minimum Gasteiger partial charge on any atom is -0.478 e. The van der Waals surface area contributed by atoms with Crippen LogP contribution in [0.1, 0.15) is 10.4 Å². The van der Waals surface area contributed by atoms with Gasteiger partial charge in [-0.15, -0.1) is 0 Å². The molecule has 0 fully saturated rings. The summed E-state index contributed by atoms with van der Waals surface area (Å²) >= 11 is 18.1. The van der Waals surface area contributed by atoms with Gasteiger partial charge >= 0.3 is 5.97 Å². The van der Waals surface area contributed by atoms with Gasteiger partial charge < -0.3 is 5.11 Å². The van der Waals surface area contributed by atoms with Gasteiger partial charge in [0.2, 0.25) is 0 Å². The predicted octanol–water partition coefficient (Wildman–Crippen LogP) is 5.65. The molecule has 0 aliphatic carbocycles. The largest absolute Gasteiger partial charge is 0.478 e. The van der Waals surface area contributed by atoms with Crippen LogP contribution >= 0.6 is 34.8 Å². The third kappa shape index (κ3) is 2.10. The van der Waals surface area contributed by atoms with Gasteiger partial charge in [0.15, 0.2) is 0 Å². The third-order valence-electron chi connectivity index (χ3n) is 3.19. The molecule has 0 unspecified atom stereocenters. The Morgan fingerprint density at radius 3 is 2.15 bits per heavy atom. The van der Waals surface area contributed by atoms with Crippen molar-refractivity contribution in [1.82, 2.24) is 0 Å². The second-order valence-electron chi connectivity index (χ2n) is 4.41. The van der Waals surface area contributed by atoms with Crippen molar-refractivity contribution in [3.05, 3.63) is 57.0 Å². The van der Waals surface area contributed by atoms with E-state index in [1.54, 1.807) is 36.4 Å². The third-order valence-corrected chi connectivity index (χ3v) is 4.14. The van der Waals surface area contributed by atoms with Crippen LogP contribution in [-0.2, 0) is 0 Å². The molecule has 0 bridgehead atoms. The maximum Gasteiger partial charge on any atom is 0.336 e. The Hall–Kier alpha value is -1.48. The molecule has 1 N–H and O–H groups in total. The number of fused-ring (bicyclic) bond motifs is 3. The summed E-state index contributed by atoms with van der Waals surface area (Å²) in [5.74, 6) is -1.01. The lowest BCUT2D eigenvalue weighted by Crippen LogP contribution is -1.98. The Labute approximate surface area is 129 Å². The van der Waals surface area contributed by atoms with E-state index in [4.69, 9.17) is 34.8 Å². The fourth-order valence-corrected chi connectivity index (χ4v) is 2.79. The summed E-state index contributed by atoms with van der Waals surface area (Å²) in [6.45, 7) is 0. The molecule has 3 rings (SSSR count). The predicted molar refractivity (Wildman–Crippen MR) is 83.4 cm³/mol. The molecule has 0 amide bonds. The van der Waals surface area contributed by atoms with Gasteiger partial charge in [0.05, 0.1) is 15.6 Å². The van der Waals surface area contributed by atoms with E-state index < -0.39 is 5.97 Å². The maximum atomic E-state index is 11.4. The van der Waals surface area contributed by atoms with Crippen molar-refractivity contribution in [2.45, 2.75) is 0 Å². The van der Waals surface area contributed by atoms with Crippen LogP contribution in [0.2, 0.25) is 15.1 Å². The zero-order chi connectivity index (χ0) is 14.4. The van der Waals surface area contributed by atoms with E-state index in [1.165, 1.54) is 0 Å². The number of benzene rings is 3. The molecule has 2 nitrogen and oxygen atoms in total. The molecule has 0 aliphatic heterocycles. The van der Waals surface area contributed by atoms with Gasteiger partial charge in [-0.05, 0) is 51.9 Å². The van der Waals surface area contributed by atoms with Gasteiger partial charge in [-0.2, -0.15) is 0 Å². The molecule has 3 aromatic carbocycles. The highest BCUT2D eigenvalue weighted by atomic mass is 35.5. The Kier molecular flexibility index (Phi) is 3.25. The molecule has 20 heavy (non-hydrogen) atoms. The van der Waals surface area contributed by atoms with Crippen molar-refractivity contribution in [3.8, 4) is 0 Å². The molecule has 100 valence electrons. The van der Waals surface area contributed by atoms with Crippen molar-refractivity contribution in [3.63, 3.8) is 0 Å². The van der Waals surface area contributed by atoms with E-state index in [1.807, 2.05) is 0 Å². The zero-order valence-corrected chi connectivity index (χ0v) is 12.2. The quantitative estimate of drug-likeness (QED) is 0.587. The Balaban J connectivity index is 2.59. The fourth-order valence-electron chi connectivity index (χ4n) is 2.29. The number of halogens is 3. The minimum atomic E-state index is -1.01. The molecule has 0 saturated carbocycles. The monoisotopic (exact) mass is 324 g/mol. The summed E-state index contributed by atoms with van der Waals surface area (Å²) in [5.41, 5.74) is 0.188. The van der Waals surface area contributed by atoms with Crippen molar-refractivity contribution in [1.29, 1.82) is 0 Å². The van der Waals surface area contributed by atoms with Gasteiger partial charge in [-0.25, -0.2) is 4.79 Å². The first-order chi connectivity index (χ1) is 9.47. The molecule has 5 heteroatoms. The van der Waals surface area contributed by atoms with Crippen LogP contribution < -0.4 is 0 Å². The zero-order valence-electron chi connectivity index (χ0n) is 9.95. The summed E-state index contributed by atoms with van der Waals surface area (Å²) in [7, 11) is 0. The van der Waals surface area contributed by atoms with Crippen LogP contribution in [0.4, 0.5) is 0 Å². The molecule has 0 radical (unpaired) electrons. The van der Waals surface area contributed by atoms with Crippen LogP contribution in [0.15, 0.2) is 36.4 Å². The summed E-state index contributed by atoms with van der Waals surface area (Å²) < 4.78 is 0. The van der Waals surface area contributed by atoms with Crippen LogP contribution in [0, 0.1) is 0 Å². The van der Waals surface area contributed by atoms with E-state index in [2.05, 4.69) is 0 Å². The highest BCUT2D eigenvalue weighted by Crippen LogP contribution is 2.35. The molecule has 0 aliphatic rings. The number of aromatic carboxylic acids is 1. The smallest absolute Gasteiger partial charge is 0.336 e. The van der Waals surface area contributed by atoms with Crippen molar-refractivity contribution in [2.24, 2.45) is 0 Å². The number of rotatable bonds is 1.